The van der Waals surface area contributed by atoms with Crippen molar-refractivity contribution in [3.8, 4) is 0 Å². The number of hydrogen-bond acceptors (Lipinski definition) is 2. The fourth-order valence-corrected chi connectivity index (χ4v) is 2.04. The molecule has 0 unspecified atom stereocenters. The van der Waals surface area contributed by atoms with Crippen molar-refractivity contribution in [2.45, 2.75) is 33.6 Å². The molecule has 1 rings (SSSR count). The number of para-hydroxylation sites is 1. The summed E-state index contributed by atoms with van der Waals surface area (Å²) in [7, 11) is 0. The molecule has 0 saturated heterocycles. The number of rotatable bonds is 7. The van der Waals surface area contributed by atoms with Gasteiger partial charge in [-0.1, -0.05) is 26.0 Å². The van der Waals surface area contributed by atoms with Crippen molar-refractivity contribution in [3.05, 3.63) is 29.8 Å². The topological polar surface area (TPSA) is 32.3 Å². The first kappa shape index (κ1) is 14.6. The van der Waals surface area contributed by atoms with E-state index in [1.54, 1.807) is 0 Å². The van der Waals surface area contributed by atoms with Gasteiger partial charge >= 0.3 is 0 Å². The zero-order valence-electron chi connectivity index (χ0n) is 11.7. The summed E-state index contributed by atoms with van der Waals surface area (Å²) < 4.78 is 0. The van der Waals surface area contributed by atoms with E-state index in [-0.39, 0.29) is 5.91 Å². The van der Waals surface area contributed by atoms with Gasteiger partial charge in [0.05, 0.1) is 5.56 Å². The van der Waals surface area contributed by atoms with Crippen LogP contribution < -0.4 is 5.32 Å². The molecule has 0 saturated carbocycles. The lowest BCUT2D eigenvalue weighted by Gasteiger charge is -2.23. The van der Waals surface area contributed by atoms with Gasteiger partial charge in [-0.2, -0.15) is 0 Å². The number of anilines is 1. The van der Waals surface area contributed by atoms with E-state index in [0.29, 0.717) is 0 Å². The second-order valence-electron chi connectivity index (χ2n) is 4.37. The number of amides is 1. The molecule has 0 radical (unpaired) electrons. The lowest BCUT2D eigenvalue weighted by molar-refractivity contribution is 0.0756. The molecule has 0 heterocycles. The van der Waals surface area contributed by atoms with Gasteiger partial charge in [-0.15, -0.1) is 0 Å². The van der Waals surface area contributed by atoms with E-state index in [1.165, 1.54) is 0 Å². The Labute approximate surface area is 110 Å². The van der Waals surface area contributed by atoms with Gasteiger partial charge in [0.15, 0.2) is 0 Å². The summed E-state index contributed by atoms with van der Waals surface area (Å²) in [6.45, 7) is 8.72. The van der Waals surface area contributed by atoms with Crippen LogP contribution in [0, 0.1) is 0 Å². The third kappa shape index (κ3) is 3.76. The molecule has 0 aliphatic rings. The predicted octanol–water partition coefficient (Wildman–Crippen LogP) is 3.38. The summed E-state index contributed by atoms with van der Waals surface area (Å²) in [6.07, 6.45) is 1.99. The molecular formula is C15H24N2O. The molecule has 0 aliphatic carbocycles. The second kappa shape index (κ2) is 7.75. The van der Waals surface area contributed by atoms with Crippen LogP contribution >= 0.6 is 0 Å². The molecule has 1 N–H and O–H groups in total. The zero-order valence-corrected chi connectivity index (χ0v) is 11.7. The molecule has 3 heteroatoms. The maximum absolute atomic E-state index is 12.5. The number of benzene rings is 1. The number of nitrogens with zero attached hydrogens (tertiary/aromatic N) is 1. The first-order valence-electron chi connectivity index (χ1n) is 6.86. The fraction of sp³-hybridized carbons (Fsp3) is 0.533. The minimum atomic E-state index is 0.134. The highest BCUT2D eigenvalue weighted by atomic mass is 16.2. The molecule has 0 atom stereocenters. The van der Waals surface area contributed by atoms with E-state index in [4.69, 9.17) is 0 Å². The third-order valence-corrected chi connectivity index (χ3v) is 2.80. The Morgan fingerprint density at radius 1 is 1.11 bits per heavy atom. The molecule has 0 fully saturated rings. The lowest BCUT2D eigenvalue weighted by atomic mass is 10.1. The van der Waals surface area contributed by atoms with Crippen LogP contribution in [0.15, 0.2) is 24.3 Å². The van der Waals surface area contributed by atoms with Crippen LogP contribution in [0.2, 0.25) is 0 Å². The first-order chi connectivity index (χ1) is 8.74. The quantitative estimate of drug-likeness (QED) is 0.802. The highest BCUT2D eigenvalue weighted by molar-refractivity contribution is 5.99. The van der Waals surface area contributed by atoms with Crippen LogP contribution in [0.25, 0.3) is 0 Å². The second-order valence-corrected chi connectivity index (χ2v) is 4.37. The van der Waals surface area contributed by atoms with Crippen molar-refractivity contribution in [3.63, 3.8) is 0 Å². The van der Waals surface area contributed by atoms with Gasteiger partial charge in [-0.25, -0.2) is 0 Å². The average Bonchev–Trinajstić information content (AvgIpc) is 2.39. The van der Waals surface area contributed by atoms with E-state index >= 15 is 0 Å². The summed E-state index contributed by atoms with van der Waals surface area (Å²) in [5, 5.41) is 3.25. The highest BCUT2D eigenvalue weighted by Gasteiger charge is 2.16. The average molecular weight is 248 g/mol. The fourth-order valence-electron chi connectivity index (χ4n) is 2.04. The van der Waals surface area contributed by atoms with E-state index in [2.05, 4.69) is 19.2 Å². The molecule has 0 aromatic heterocycles. The van der Waals surface area contributed by atoms with E-state index < -0.39 is 0 Å². The Balaban J connectivity index is 2.92. The molecule has 18 heavy (non-hydrogen) atoms. The smallest absolute Gasteiger partial charge is 0.255 e. The predicted molar refractivity (Wildman–Crippen MR) is 77.1 cm³/mol. The van der Waals surface area contributed by atoms with Gasteiger partial charge < -0.3 is 10.2 Å². The number of carbonyl (C=O) groups excluding carboxylic acids is 1. The number of carbonyl (C=O) groups is 1. The molecule has 1 aromatic carbocycles. The van der Waals surface area contributed by atoms with Crippen molar-refractivity contribution in [2.24, 2.45) is 0 Å². The summed E-state index contributed by atoms with van der Waals surface area (Å²) in [5.41, 5.74) is 1.71. The van der Waals surface area contributed by atoms with Crippen molar-refractivity contribution in [2.75, 3.05) is 25.0 Å². The molecule has 1 aromatic rings. The van der Waals surface area contributed by atoms with Crippen LogP contribution in [0.1, 0.15) is 44.0 Å². The van der Waals surface area contributed by atoms with Crippen molar-refractivity contribution < 1.29 is 4.79 Å². The molecular weight excluding hydrogens is 224 g/mol. The summed E-state index contributed by atoms with van der Waals surface area (Å²) in [4.78, 5) is 14.4. The Hall–Kier alpha value is -1.51. The van der Waals surface area contributed by atoms with Crippen molar-refractivity contribution >= 4 is 11.6 Å². The van der Waals surface area contributed by atoms with Gasteiger partial charge in [0.25, 0.3) is 5.91 Å². The van der Waals surface area contributed by atoms with E-state index in [9.17, 15) is 4.79 Å². The lowest BCUT2D eigenvalue weighted by Crippen LogP contribution is -2.33. The Morgan fingerprint density at radius 3 is 2.28 bits per heavy atom. The Morgan fingerprint density at radius 2 is 1.72 bits per heavy atom. The van der Waals surface area contributed by atoms with Crippen LogP contribution in [0.5, 0.6) is 0 Å². The highest BCUT2D eigenvalue weighted by Crippen LogP contribution is 2.17. The van der Waals surface area contributed by atoms with Gasteiger partial charge in [0.2, 0.25) is 0 Å². The van der Waals surface area contributed by atoms with Gasteiger partial charge in [0, 0.05) is 25.3 Å². The van der Waals surface area contributed by atoms with E-state index in [0.717, 1.165) is 43.7 Å². The van der Waals surface area contributed by atoms with Crippen molar-refractivity contribution in [1.29, 1.82) is 0 Å². The standard InChI is InChI=1S/C15H24N2O/c1-4-11-17(12-5-2)15(18)13-9-7-8-10-14(13)16-6-3/h7-10,16H,4-6,11-12H2,1-3H3. The maximum atomic E-state index is 12.5. The monoisotopic (exact) mass is 248 g/mol. The SMILES string of the molecule is CCCN(CCC)C(=O)c1ccccc1NCC. The van der Waals surface area contributed by atoms with Crippen LogP contribution in [0.3, 0.4) is 0 Å². The molecule has 3 nitrogen and oxygen atoms in total. The van der Waals surface area contributed by atoms with Crippen LogP contribution in [0.4, 0.5) is 5.69 Å². The largest absolute Gasteiger partial charge is 0.385 e. The minimum absolute atomic E-state index is 0.134. The minimum Gasteiger partial charge on any atom is -0.385 e. The molecule has 0 aliphatic heterocycles. The van der Waals surface area contributed by atoms with Crippen LogP contribution in [-0.2, 0) is 0 Å². The summed E-state index contributed by atoms with van der Waals surface area (Å²) >= 11 is 0. The number of nitrogens with one attached hydrogen (secondary N) is 1. The molecule has 0 bridgehead atoms. The summed E-state index contributed by atoms with van der Waals surface area (Å²) in [5.74, 6) is 0.134. The third-order valence-electron chi connectivity index (χ3n) is 2.80. The number of hydrogen-bond donors (Lipinski definition) is 1. The zero-order chi connectivity index (χ0) is 13.4. The van der Waals surface area contributed by atoms with Gasteiger partial charge in [-0.05, 0) is 31.9 Å². The Kier molecular flexibility index (Phi) is 6.26. The normalized spacial score (nSPS) is 10.2. The van der Waals surface area contributed by atoms with Gasteiger partial charge in [0.1, 0.15) is 0 Å². The maximum Gasteiger partial charge on any atom is 0.255 e. The Bertz CT molecular complexity index is 371. The van der Waals surface area contributed by atoms with Crippen LogP contribution in [-0.4, -0.2) is 30.4 Å². The van der Waals surface area contributed by atoms with Gasteiger partial charge in [-0.3, -0.25) is 4.79 Å². The summed E-state index contributed by atoms with van der Waals surface area (Å²) in [6, 6.07) is 7.74. The molecule has 1 amide bonds. The molecule has 100 valence electrons. The van der Waals surface area contributed by atoms with Crippen molar-refractivity contribution in [1.82, 2.24) is 4.90 Å². The first-order valence-corrected chi connectivity index (χ1v) is 6.86. The molecule has 0 spiro atoms. The van der Waals surface area contributed by atoms with E-state index in [1.807, 2.05) is 36.1 Å².